The molecule has 0 radical (unpaired) electrons. The lowest BCUT2D eigenvalue weighted by Crippen LogP contribution is -2.58. The van der Waals surface area contributed by atoms with Crippen LogP contribution >= 0.6 is 0 Å². The largest absolute Gasteiger partial charge is 0.460 e. The second kappa shape index (κ2) is 18.1. The van der Waals surface area contributed by atoms with Gasteiger partial charge < -0.3 is 9.47 Å². The maximum absolute atomic E-state index is 14.7. The van der Waals surface area contributed by atoms with Crippen molar-refractivity contribution in [3.63, 3.8) is 0 Å². The first kappa shape index (κ1) is 46.0. The van der Waals surface area contributed by atoms with Gasteiger partial charge in [0.15, 0.2) is 0 Å². The van der Waals surface area contributed by atoms with Crippen LogP contribution in [0.1, 0.15) is 102 Å². The van der Waals surface area contributed by atoms with E-state index in [0.29, 0.717) is 37.8 Å². The molecule has 0 spiro atoms. The molecule has 0 amide bonds. The Morgan fingerprint density at radius 2 is 1.06 bits per heavy atom. The van der Waals surface area contributed by atoms with Gasteiger partial charge in [-0.1, -0.05) is 66.2 Å². The van der Waals surface area contributed by atoms with Crippen LogP contribution in [0.5, 0.6) is 11.5 Å². The zero-order valence-electron chi connectivity index (χ0n) is 27.8. The van der Waals surface area contributed by atoms with Gasteiger partial charge in [-0.05, 0) is 36.8 Å². The fourth-order valence-corrected chi connectivity index (χ4v) is 4.73. The van der Waals surface area contributed by atoms with Crippen LogP contribution in [0.25, 0.3) is 0 Å². The Bertz CT molecular complexity index is 1400. The second-order valence-corrected chi connectivity index (χ2v) is 12.9. The number of rotatable bonds is 23. The molecule has 0 heterocycles. The summed E-state index contributed by atoms with van der Waals surface area (Å²) in [7, 11) is -7.32. The maximum atomic E-state index is 14.7. The van der Waals surface area contributed by atoms with E-state index in [2.05, 4.69) is 4.74 Å². The Labute approximate surface area is 286 Å². The zero-order chi connectivity index (χ0) is 39.6. The Balaban J connectivity index is 3.50. The predicted octanol–water partition coefficient (Wildman–Crippen LogP) is 8.78. The van der Waals surface area contributed by atoms with E-state index >= 15 is 0 Å². The van der Waals surface area contributed by atoms with E-state index in [0.717, 1.165) is 31.7 Å². The van der Waals surface area contributed by atoms with Gasteiger partial charge in [0.05, 0.1) is 0 Å². The smallest absolute Gasteiger partial charge is 0.426 e. The first-order chi connectivity index (χ1) is 23.2. The van der Waals surface area contributed by atoms with Gasteiger partial charge in [0.2, 0.25) is 0 Å². The molecule has 1 aromatic rings. The molecule has 1 aromatic carbocycles. The number of esters is 2. The van der Waals surface area contributed by atoms with Gasteiger partial charge in [-0.3, -0.25) is 18.9 Å². The second-order valence-electron chi connectivity index (χ2n) is 11.5. The highest BCUT2D eigenvalue weighted by atomic mass is 32.2. The zero-order valence-corrected chi connectivity index (χ0v) is 28.6. The molecular weight excluding hydrogens is 742 g/mol. The maximum Gasteiger partial charge on any atom is 0.460 e. The van der Waals surface area contributed by atoms with E-state index in [1.165, 1.54) is 0 Å². The summed E-state index contributed by atoms with van der Waals surface area (Å²) >= 11 is 0. The van der Waals surface area contributed by atoms with Gasteiger partial charge >= 0.3 is 51.7 Å². The fraction of sp³-hybridized carbons (Fsp3) is 0.700. The third kappa shape index (κ3) is 12.8. The highest BCUT2D eigenvalue weighted by Crippen LogP contribution is 2.48. The normalized spacial score (nSPS) is 14.6. The van der Waals surface area contributed by atoms with Crippen LogP contribution in [0.4, 0.5) is 43.9 Å². The molecule has 2 unspecified atom stereocenters. The lowest BCUT2D eigenvalue weighted by Gasteiger charge is -2.32. The number of carbonyl (C=O) groups is 3. The number of Topliss-reactive ketones (excluding diaryl/α,β-unsaturated/α-hetero) is 1. The van der Waals surface area contributed by atoms with Gasteiger partial charge in [-0.15, -0.1) is 0 Å². The van der Waals surface area contributed by atoms with Crippen molar-refractivity contribution >= 4 is 27.8 Å². The summed E-state index contributed by atoms with van der Waals surface area (Å²) in [6.07, 6.45) is -22.9. The van der Waals surface area contributed by atoms with E-state index in [4.69, 9.17) is 14.0 Å². The van der Waals surface area contributed by atoms with Gasteiger partial charge in [0, 0.05) is 24.5 Å². The number of hydrogen-bond acceptors (Lipinski definition) is 9. The monoisotopic (exact) mass is 780 g/mol. The summed E-state index contributed by atoms with van der Waals surface area (Å²) in [5.74, 6) is -6.84. The van der Waals surface area contributed by atoms with Crippen molar-refractivity contribution in [2.24, 2.45) is 11.8 Å². The molecule has 0 fully saturated rings. The summed E-state index contributed by atoms with van der Waals surface area (Å²) in [4.78, 5) is 37.9. The Morgan fingerprint density at radius 1 is 0.667 bits per heavy atom. The molecule has 0 aliphatic carbocycles. The average molecular weight is 781 g/mol. The van der Waals surface area contributed by atoms with Crippen LogP contribution in [0, 0.1) is 11.8 Å². The van der Waals surface area contributed by atoms with Gasteiger partial charge in [0.1, 0.15) is 11.5 Å². The minimum absolute atomic E-state index is 0.206. The fourth-order valence-electron chi connectivity index (χ4n) is 4.39. The molecule has 51 heavy (non-hydrogen) atoms. The summed E-state index contributed by atoms with van der Waals surface area (Å²) in [5.41, 5.74) is -1.48. The van der Waals surface area contributed by atoms with Crippen LogP contribution in [-0.2, 0) is 29.2 Å². The minimum Gasteiger partial charge on any atom is -0.426 e. The highest BCUT2D eigenvalue weighted by molar-refractivity contribution is 7.86. The van der Waals surface area contributed by atoms with Crippen molar-refractivity contribution in [3.05, 3.63) is 23.8 Å². The van der Waals surface area contributed by atoms with Crippen LogP contribution in [-0.4, -0.2) is 60.4 Å². The standard InChI is InChI=1S/C30H38F10O10S/c1-5-9-11-18(7-3)13-23(41)47-21-15-20(16-22(17-21)48-24(42)14-19(8-4)12-10-6-2)25(43)26(31,32)49-27(33,34)28(35,36)50-29(37,38)30(39,40)51(44,45)46/h15-19H,5-14H2,1-4H3,(H,44,45,46). The summed E-state index contributed by atoms with van der Waals surface area (Å²) < 4.78 is 183. The van der Waals surface area contributed by atoms with Crippen molar-refractivity contribution in [1.29, 1.82) is 0 Å². The molecule has 1 N–H and O–H groups in total. The number of unbranched alkanes of at least 4 members (excludes halogenated alkanes) is 2. The van der Waals surface area contributed by atoms with Crippen molar-refractivity contribution in [2.45, 2.75) is 122 Å². The number of hydrogen-bond donors (Lipinski definition) is 1. The quantitative estimate of drug-likeness (QED) is 0.0377. The molecule has 1 rings (SSSR count). The Hall–Kier alpha value is -3.04. The minimum atomic E-state index is -7.32. The number of ketones is 1. The third-order valence-electron chi connectivity index (χ3n) is 7.38. The molecule has 0 aromatic heterocycles. The average Bonchev–Trinajstić information content (AvgIpc) is 2.98. The topological polar surface area (TPSA) is 142 Å². The predicted molar refractivity (Wildman–Crippen MR) is 156 cm³/mol. The highest BCUT2D eigenvalue weighted by Gasteiger charge is 2.76. The van der Waals surface area contributed by atoms with Crippen molar-refractivity contribution in [1.82, 2.24) is 0 Å². The van der Waals surface area contributed by atoms with Crippen molar-refractivity contribution in [2.75, 3.05) is 0 Å². The van der Waals surface area contributed by atoms with Crippen molar-refractivity contribution < 1.29 is 90.2 Å². The van der Waals surface area contributed by atoms with Crippen LogP contribution in [0.15, 0.2) is 18.2 Å². The van der Waals surface area contributed by atoms with Gasteiger partial charge in [-0.25, -0.2) is 9.47 Å². The van der Waals surface area contributed by atoms with E-state index in [9.17, 15) is 66.7 Å². The molecule has 294 valence electrons. The number of ether oxygens (including phenoxy) is 4. The first-order valence-corrected chi connectivity index (χ1v) is 17.0. The number of halogens is 10. The van der Waals surface area contributed by atoms with E-state index in [-0.39, 0.29) is 24.7 Å². The van der Waals surface area contributed by atoms with Crippen LogP contribution < -0.4 is 9.47 Å². The summed E-state index contributed by atoms with van der Waals surface area (Å²) in [6, 6.07) is 1.44. The molecule has 0 aliphatic rings. The molecule has 0 aliphatic heterocycles. The van der Waals surface area contributed by atoms with E-state index in [1.54, 1.807) is 13.8 Å². The molecule has 10 nitrogen and oxygen atoms in total. The van der Waals surface area contributed by atoms with Gasteiger partial charge in [0.25, 0.3) is 5.78 Å². The number of alkyl halides is 10. The molecule has 21 heteroatoms. The van der Waals surface area contributed by atoms with Crippen LogP contribution in [0.3, 0.4) is 0 Å². The number of benzene rings is 1. The Morgan fingerprint density at radius 3 is 1.41 bits per heavy atom. The lowest BCUT2D eigenvalue weighted by molar-refractivity contribution is -0.516. The van der Waals surface area contributed by atoms with Crippen LogP contribution in [0.2, 0.25) is 0 Å². The van der Waals surface area contributed by atoms with Gasteiger partial charge in [-0.2, -0.15) is 52.3 Å². The SMILES string of the molecule is CCCCC(CC)CC(=O)Oc1cc(OC(=O)CC(CC)CCCC)cc(C(=O)C(F)(F)OC(F)(F)C(F)(F)OC(F)(F)C(F)(F)S(=O)(=O)O)c1. The first-order valence-electron chi connectivity index (χ1n) is 15.6. The summed E-state index contributed by atoms with van der Waals surface area (Å²) in [5, 5.41) is -7.01. The Kier molecular flexibility index (Phi) is 16.3. The molecule has 0 saturated heterocycles. The van der Waals surface area contributed by atoms with Crippen molar-refractivity contribution in [3.8, 4) is 11.5 Å². The third-order valence-corrected chi connectivity index (χ3v) is 8.27. The molecule has 0 saturated carbocycles. The molecule has 0 bridgehead atoms. The molecular formula is C30H38F10O10S. The molecule has 2 atom stereocenters. The summed E-state index contributed by atoms with van der Waals surface area (Å²) in [6.45, 7) is 7.32. The number of carbonyl (C=O) groups excluding carboxylic acids is 3. The lowest BCUT2D eigenvalue weighted by atomic mass is 9.96. The van der Waals surface area contributed by atoms with E-state index < -0.39 is 74.6 Å². The van der Waals surface area contributed by atoms with E-state index in [1.807, 2.05) is 18.6 Å².